The van der Waals surface area contributed by atoms with Gasteiger partial charge in [0.05, 0.1) is 11.5 Å². The number of benzene rings is 1. The van der Waals surface area contributed by atoms with Crippen LogP contribution in [0.2, 0.25) is 0 Å². The predicted molar refractivity (Wildman–Crippen MR) is 72.5 cm³/mol. The van der Waals surface area contributed by atoms with Crippen molar-refractivity contribution in [1.29, 1.82) is 0 Å². The lowest BCUT2D eigenvalue weighted by atomic mass is 10.2. The van der Waals surface area contributed by atoms with Crippen molar-refractivity contribution in [1.82, 2.24) is 0 Å². The lowest BCUT2D eigenvalue weighted by Gasteiger charge is -2.09. The molecule has 6 heteroatoms. The third kappa shape index (κ3) is 4.65. The van der Waals surface area contributed by atoms with Gasteiger partial charge in [-0.25, -0.2) is 8.42 Å². The van der Waals surface area contributed by atoms with Gasteiger partial charge in [-0.2, -0.15) is 0 Å². The van der Waals surface area contributed by atoms with Crippen molar-refractivity contribution in [3.8, 4) is 0 Å². The van der Waals surface area contributed by atoms with E-state index >= 15 is 0 Å². The second-order valence-corrected chi connectivity index (χ2v) is 6.78. The smallest absolute Gasteiger partial charge is 0.154 e. The second-order valence-electron chi connectivity index (χ2n) is 3.75. The van der Waals surface area contributed by atoms with E-state index in [2.05, 4.69) is 15.9 Å². The molecule has 1 aromatic carbocycles. The number of hydrogen-bond donors (Lipinski definition) is 1. The molecule has 96 valence electrons. The van der Waals surface area contributed by atoms with Crippen LogP contribution in [0.3, 0.4) is 0 Å². The van der Waals surface area contributed by atoms with Crippen molar-refractivity contribution < 1.29 is 13.2 Å². The number of nitrogens with two attached hydrogens (primary N) is 1. The third-order valence-corrected chi connectivity index (χ3v) is 4.71. The van der Waals surface area contributed by atoms with Crippen molar-refractivity contribution in [2.75, 3.05) is 25.2 Å². The van der Waals surface area contributed by atoms with Gasteiger partial charge < -0.3 is 10.5 Å². The SMILES string of the molecule is COCCCS(=O)(=O)Cc1c(N)cccc1Br. The molecule has 0 saturated heterocycles. The normalized spacial score (nSPS) is 11.6. The fourth-order valence-electron chi connectivity index (χ4n) is 1.44. The first-order valence-corrected chi connectivity index (χ1v) is 7.80. The summed E-state index contributed by atoms with van der Waals surface area (Å²) < 4.78 is 29.3. The summed E-state index contributed by atoms with van der Waals surface area (Å²) in [5, 5.41) is 0. The average molecular weight is 322 g/mol. The lowest BCUT2D eigenvalue weighted by molar-refractivity contribution is 0.199. The minimum Gasteiger partial charge on any atom is -0.398 e. The zero-order valence-corrected chi connectivity index (χ0v) is 12.1. The summed E-state index contributed by atoms with van der Waals surface area (Å²) in [4.78, 5) is 0. The fraction of sp³-hybridized carbons (Fsp3) is 0.455. The molecule has 0 unspecified atom stereocenters. The van der Waals surface area contributed by atoms with Crippen molar-refractivity contribution in [3.63, 3.8) is 0 Å². The first kappa shape index (κ1) is 14.5. The number of hydrogen-bond acceptors (Lipinski definition) is 4. The Hall–Kier alpha value is -0.590. The molecule has 17 heavy (non-hydrogen) atoms. The van der Waals surface area contributed by atoms with Gasteiger partial charge >= 0.3 is 0 Å². The summed E-state index contributed by atoms with van der Waals surface area (Å²) in [5.41, 5.74) is 6.89. The average Bonchev–Trinajstić information content (AvgIpc) is 2.24. The Balaban J connectivity index is 2.76. The van der Waals surface area contributed by atoms with Crippen LogP contribution in [0.4, 0.5) is 5.69 Å². The van der Waals surface area contributed by atoms with Gasteiger partial charge in [0.2, 0.25) is 0 Å². The van der Waals surface area contributed by atoms with Crippen LogP contribution in [0, 0.1) is 0 Å². The summed E-state index contributed by atoms with van der Waals surface area (Å²) >= 11 is 3.31. The monoisotopic (exact) mass is 321 g/mol. The van der Waals surface area contributed by atoms with E-state index in [1.807, 2.05) is 0 Å². The van der Waals surface area contributed by atoms with Gasteiger partial charge in [0.25, 0.3) is 0 Å². The maximum Gasteiger partial charge on any atom is 0.154 e. The molecular formula is C11H16BrNO3S. The van der Waals surface area contributed by atoms with E-state index in [0.717, 1.165) is 4.47 Å². The topological polar surface area (TPSA) is 69.4 Å². The molecule has 0 aliphatic heterocycles. The molecule has 1 rings (SSSR count). The summed E-state index contributed by atoms with van der Waals surface area (Å²) in [6.45, 7) is 0.449. The van der Waals surface area contributed by atoms with E-state index in [1.54, 1.807) is 25.3 Å². The molecule has 0 atom stereocenters. The predicted octanol–water partition coefficient (Wildman–Crippen LogP) is 1.98. The summed E-state index contributed by atoms with van der Waals surface area (Å²) in [6.07, 6.45) is 0.503. The number of anilines is 1. The molecule has 0 aromatic heterocycles. The first-order valence-electron chi connectivity index (χ1n) is 5.18. The molecule has 2 N–H and O–H groups in total. The highest BCUT2D eigenvalue weighted by Crippen LogP contribution is 2.24. The molecule has 0 fully saturated rings. The van der Waals surface area contributed by atoms with Crippen LogP contribution < -0.4 is 5.73 Å². The molecule has 0 heterocycles. The number of ether oxygens (including phenoxy) is 1. The Bertz CT molecular complexity index is 453. The Morgan fingerprint density at radius 3 is 2.71 bits per heavy atom. The van der Waals surface area contributed by atoms with Gasteiger partial charge in [-0.3, -0.25) is 0 Å². The largest absolute Gasteiger partial charge is 0.398 e. The zero-order valence-electron chi connectivity index (χ0n) is 9.65. The first-order chi connectivity index (χ1) is 7.96. The van der Waals surface area contributed by atoms with E-state index in [9.17, 15) is 8.42 Å². The highest BCUT2D eigenvalue weighted by atomic mass is 79.9. The molecule has 0 saturated carbocycles. The second kappa shape index (κ2) is 6.37. The molecule has 0 bridgehead atoms. The minimum absolute atomic E-state index is 0.0377. The molecular weight excluding hydrogens is 306 g/mol. The number of nitrogen functional groups attached to an aromatic ring is 1. The van der Waals surface area contributed by atoms with Gasteiger partial charge in [-0.05, 0) is 18.6 Å². The third-order valence-electron chi connectivity index (χ3n) is 2.32. The van der Waals surface area contributed by atoms with E-state index in [0.29, 0.717) is 24.3 Å². The van der Waals surface area contributed by atoms with Crippen molar-refractivity contribution in [2.45, 2.75) is 12.2 Å². The van der Waals surface area contributed by atoms with Crippen molar-refractivity contribution >= 4 is 31.5 Å². The Labute approximate surface area is 110 Å². The van der Waals surface area contributed by atoms with E-state index in [1.165, 1.54) is 0 Å². The van der Waals surface area contributed by atoms with Crippen LogP contribution >= 0.6 is 15.9 Å². The van der Waals surface area contributed by atoms with Crippen molar-refractivity contribution in [3.05, 3.63) is 28.2 Å². The number of rotatable bonds is 6. The van der Waals surface area contributed by atoms with E-state index in [4.69, 9.17) is 10.5 Å². The van der Waals surface area contributed by atoms with Crippen LogP contribution in [0.15, 0.2) is 22.7 Å². The summed E-state index contributed by atoms with van der Waals surface area (Å²) in [7, 11) is -1.59. The number of methoxy groups -OCH3 is 1. The van der Waals surface area contributed by atoms with E-state index in [-0.39, 0.29) is 11.5 Å². The molecule has 0 aliphatic rings. The molecule has 0 spiro atoms. The Morgan fingerprint density at radius 1 is 1.41 bits per heavy atom. The highest BCUT2D eigenvalue weighted by molar-refractivity contribution is 9.10. The van der Waals surface area contributed by atoms with Gasteiger partial charge in [-0.1, -0.05) is 22.0 Å². The molecule has 0 aliphatic carbocycles. The van der Waals surface area contributed by atoms with Gasteiger partial charge in [0.1, 0.15) is 0 Å². The molecule has 0 radical (unpaired) electrons. The van der Waals surface area contributed by atoms with Gasteiger partial charge in [-0.15, -0.1) is 0 Å². The minimum atomic E-state index is -3.14. The summed E-state index contributed by atoms with van der Waals surface area (Å²) in [6, 6.07) is 5.27. The van der Waals surface area contributed by atoms with Crippen LogP contribution in [-0.2, 0) is 20.3 Å². The van der Waals surface area contributed by atoms with Gasteiger partial charge in [0, 0.05) is 29.4 Å². The zero-order chi connectivity index (χ0) is 12.9. The molecule has 0 amide bonds. The number of sulfone groups is 1. The molecule has 1 aromatic rings. The quantitative estimate of drug-likeness (QED) is 0.642. The number of halogens is 1. The molecule has 4 nitrogen and oxygen atoms in total. The Morgan fingerprint density at radius 2 is 2.12 bits per heavy atom. The van der Waals surface area contributed by atoms with E-state index < -0.39 is 9.84 Å². The van der Waals surface area contributed by atoms with Crippen LogP contribution in [0.1, 0.15) is 12.0 Å². The van der Waals surface area contributed by atoms with Crippen LogP contribution in [0.5, 0.6) is 0 Å². The maximum atomic E-state index is 11.8. The summed E-state index contributed by atoms with van der Waals surface area (Å²) in [5.74, 6) is 0.0750. The van der Waals surface area contributed by atoms with Crippen LogP contribution in [0.25, 0.3) is 0 Å². The van der Waals surface area contributed by atoms with Gasteiger partial charge in [0.15, 0.2) is 9.84 Å². The Kier molecular flexibility index (Phi) is 5.42. The maximum absolute atomic E-state index is 11.8. The van der Waals surface area contributed by atoms with Crippen molar-refractivity contribution in [2.24, 2.45) is 0 Å². The lowest BCUT2D eigenvalue weighted by Crippen LogP contribution is -2.12. The van der Waals surface area contributed by atoms with Crippen LogP contribution in [-0.4, -0.2) is 27.9 Å². The standard InChI is InChI=1S/C11H16BrNO3S/c1-16-6-3-7-17(14,15)8-9-10(12)4-2-5-11(9)13/h2,4-5H,3,6-8,13H2,1H3. The fourth-order valence-corrected chi connectivity index (χ4v) is 3.61. The highest BCUT2D eigenvalue weighted by Gasteiger charge is 2.15.